The molecule has 1 N–H and O–H groups in total. The van der Waals surface area contributed by atoms with Crippen LogP contribution in [0.3, 0.4) is 0 Å². The van der Waals surface area contributed by atoms with Gasteiger partial charge < -0.3 is 14.5 Å². The van der Waals surface area contributed by atoms with Crippen molar-refractivity contribution in [1.29, 1.82) is 0 Å². The Morgan fingerprint density at radius 2 is 1.97 bits per heavy atom. The first kappa shape index (κ1) is 19.5. The van der Waals surface area contributed by atoms with Crippen molar-refractivity contribution in [1.82, 2.24) is 9.97 Å². The summed E-state index contributed by atoms with van der Waals surface area (Å²) in [5.74, 6) is -0.124. The predicted octanol–water partition coefficient (Wildman–Crippen LogP) is 3.94. The summed E-state index contributed by atoms with van der Waals surface area (Å²) in [6.45, 7) is 1.31. The van der Waals surface area contributed by atoms with Crippen molar-refractivity contribution in [3.63, 3.8) is 0 Å². The van der Waals surface area contributed by atoms with Crippen molar-refractivity contribution in [3.8, 4) is 0 Å². The van der Waals surface area contributed by atoms with Gasteiger partial charge in [-0.25, -0.2) is 13.4 Å². The summed E-state index contributed by atoms with van der Waals surface area (Å²) in [6.07, 6.45) is 7.96. The number of ether oxygens (including phenoxy) is 2. The van der Waals surface area contributed by atoms with Gasteiger partial charge in [0.2, 0.25) is 0 Å². The molecule has 5 rings (SSSR count). The Morgan fingerprint density at radius 1 is 1.20 bits per heavy atom. The number of sulfone groups is 1. The minimum absolute atomic E-state index is 0.312. The number of H-pyrrole nitrogens is 1. The van der Waals surface area contributed by atoms with E-state index in [-0.39, 0.29) is 0 Å². The summed E-state index contributed by atoms with van der Waals surface area (Å²) in [7, 11) is -3.24. The van der Waals surface area contributed by atoms with Crippen molar-refractivity contribution >= 4 is 26.4 Å². The van der Waals surface area contributed by atoms with Crippen LogP contribution < -0.4 is 0 Å². The molecule has 0 amide bonds. The molecule has 0 bridgehead atoms. The maximum Gasteiger partial charge on any atom is 0.175 e. The van der Waals surface area contributed by atoms with Crippen molar-refractivity contribution in [2.24, 2.45) is 5.92 Å². The van der Waals surface area contributed by atoms with Gasteiger partial charge in [0.05, 0.1) is 18.1 Å². The van der Waals surface area contributed by atoms with E-state index in [0.717, 1.165) is 47.1 Å². The fourth-order valence-electron chi connectivity index (χ4n) is 4.47. The second-order valence-corrected chi connectivity index (χ2v) is 10.1. The van der Waals surface area contributed by atoms with Crippen LogP contribution in [0.5, 0.6) is 0 Å². The molecule has 2 aliphatic rings. The SMILES string of the molecule is CS(=O)(=O)c1ccc(C(=CC2CCC3(C2)OCCO3)c2cc3cccnc3[nH]2)cc1. The van der Waals surface area contributed by atoms with E-state index in [4.69, 9.17) is 9.47 Å². The number of nitrogens with one attached hydrogen (secondary N) is 1. The molecule has 156 valence electrons. The zero-order chi connectivity index (χ0) is 20.8. The topological polar surface area (TPSA) is 81.3 Å². The molecule has 1 atom stereocenters. The monoisotopic (exact) mass is 424 g/mol. The van der Waals surface area contributed by atoms with Gasteiger partial charge in [-0.1, -0.05) is 18.2 Å². The Labute approximate surface area is 175 Å². The second kappa shape index (κ2) is 7.34. The van der Waals surface area contributed by atoms with Crippen LogP contribution in [0, 0.1) is 5.92 Å². The van der Waals surface area contributed by atoms with Gasteiger partial charge in [0.15, 0.2) is 15.6 Å². The molecule has 30 heavy (non-hydrogen) atoms. The molecule has 1 unspecified atom stereocenters. The lowest BCUT2D eigenvalue weighted by Gasteiger charge is -2.21. The standard InChI is InChI=1S/C23H24N2O4S/c1-30(26,27)19-6-4-17(5-7-19)20(21-14-18-3-2-10-24-22(18)25-21)13-16-8-9-23(15-16)28-11-12-29-23/h2-7,10,13-14,16H,8-9,11-12,15H2,1H3,(H,24,25). The van der Waals surface area contributed by atoms with Crippen LogP contribution in [0.1, 0.15) is 30.5 Å². The van der Waals surface area contributed by atoms with E-state index in [2.05, 4.69) is 22.1 Å². The predicted molar refractivity (Wildman–Crippen MR) is 115 cm³/mol. The Morgan fingerprint density at radius 3 is 2.67 bits per heavy atom. The molecule has 1 aromatic carbocycles. The number of benzene rings is 1. The minimum Gasteiger partial charge on any atom is -0.348 e. The summed E-state index contributed by atoms with van der Waals surface area (Å²) in [5.41, 5.74) is 3.79. The van der Waals surface area contributed by atoms with Gasteiger partial charge in [-0.05, 0) is 48.2 Å². The first-order valence-corrected chi connectivity index (χ1v) is 12.1. The first-order valence-electron chi connectivity index (χ1n) is 10.2. The molecule has 1 aliphatic carbocycles. The third-order valence-electron chi connectivity index (χ3n) is 5.96. The Hall–Kier alpha value is -2.48. The fraction of sp³-hybridized carbons (Fsp3) is 0.348. The third kappa shape index (κ3) is 3.69. The number of hydrogen-bond acceptors (Lipinski definition) is 5. The molecule has 1 spiro atoms. The van der Waals surface area contributed by atoms with Gasteiger partial charge in [0.25, 0.3) is 0 Å². The normalized spacial score (nSPS) is 21.6. The molecule has 2 fully saturated rings. The van der Waals surface area contributed by atoms with Gasteiger partial charge in [0.1, 0.15) is 5.65 Å². The van der Waals surface area contributed by atoms with Crippen LogP contribution in [0.15, 0.2) is 59.6 Å². The molecule has 1 saturated heterocycles. The molecular formula is C23H24N2O4S. The van der Waals surface area contributed by atoms with E-state index >= 15 is 0 Å². The van der Waals surface area contributed by atoms with Crippen molar-refractivity contribution in [2.45, 2.75) is 29.9 Å². The number of aromatic nitrogens is 2. The quantitative estimate of drug-likeness (QED) is 0.686. The van der Waals surface area contributed by atoms with Crippen molar-refractivity contribution in [2.75, 3.05) is 19.5 Å². The summed E-state index contributed by atoms with van der Waals surface area (Å²) in [4.78, 5) is 8.14. The van der Waals surface area contributed by atoms with Crippen molar-refractivity contribution in [3.05, 3.63) is 66.0 Å². The average Bonchev–Trinajstić information content (AvgIpc) is 3.46. The summed E-state index contributed by atoms with van der Waals surface area (Å²) in [5, 5.41) is 1.04. The first-order chi connectivity index (χ1) is 14.4. The van der Waals surface area contributed by atoms with Crippen LogP contribution >= 0.6 is 0 Å². The Bertz CT molecular complexity index is 1170. The molecule has 0 radical (unpaired) electrons. The van der Waals surface area contributed by atoms with E-state index < -0.39 is 15.6 Å². The zero-order valence-electron chi connectivity index (χ0n) is 16.8. The molecule has 1 saturated carbocycles. The highest BCUT2D eigenvalue weighted by Gasteiger charge is 2.43. The molecule has 1 aliphatic heterocycles. The maximum atomic E-state index is 11.9. The molecule has 2 aromatic heterocycles. The van der Waals surface area contributed by atoms with E-state index in [1.807, 2.05) is 24.3 Å². The molecule has 3 aromatic rings. The van der Waals surface area contributed by atoms with Crippen molar-refractivity contribution < 1.29 is 17.9 Å². The zero-order valence-corrected chi connectivity index (χ0v) is 17.6. The number of pyridine rings is 1. The highest BCUT2D eigenvalue weighted by atomic mass is 32.2. The highest BCUT2D eigenvalue weighted by molar-refractivity contribution is 7.90. The van der Waals surface area contributed by atoms with Crippen LogP contribution in [0.25, 0.3) is 16.6 Å². The van der Waals surface area contributed by atoms with Gasteiger partial charge in [-0.3, -0.25) is 0 Å². The molecule has 7 heteroatoms. The Balaban J connectivity index is 1.55. The van der Waals surface area contributed by atoms with E-state index in [1.54, 1.807) is 18.3 Å². The van der Waals surface area contributed by atoms with Gasteiger partial charge in [0, 0.05) is 41.9 Å². The van der Waals surface area contributed by atoms with E-state index in [9.17, 15) is 8.42 Å². The number of nitrogens with zero attached hydrogens (tertiary/aromatic N) is 1. The summed E-state index contributed by atoms with van der Waals surface area (Å²) < 4.78 is 35.5. The lowest BCUT2D eigenvalue weighted by atomic mass is 9.96. The summed E-state index contributed by atoms with van der Waals surface area (Å²) in [6, 6.07) is 13.1. The lowest BCUT2D eigenvalue weighted by Crippen LogP contribution is -2.25. The van der Waals surface area contributed by atoms with Gasteiger partial charge >= 0.3 is 0 Å². The summed E-state index contributed by atoms with van der Waals surface area (Å²) >= 11 is 0. The third-order valence-corrected chi connectivity index (χ3v) is 7.09. The van der Waals surface area contributed by atoms with Crippen LogP contribution in [0.2, 0.25) is 0 Å². The maximum absolute atomic E-state index is 11.9. The number of rotatable bonds is 4. The largest absolute Gasteiger partial charge is 0.348 e. The number of allylic oxidation sites excluding steroid dienone is 1. The van der Waals surface area contributed by atoms with Crippen LogP contribution in [0.4, 0.5) is 0 Å². The molecular weight excluding hydrogens is 400 g/mol. The van der Waals surface area contributed by atoms with Gasteiger partial charge in [-0.2, -0.15) is 0 Å². The molecule has 3 heterocycles. The molecule has 6 nitrogen and oxygen atoms in total. The number of fused-ring (bicyclic) bond motifs is 1. The van der Waals surface area contributed by atoms with Crippen LogP contribution in [-0.2, 0) is 19.3 Å². The Kier molecular flexibility index (Phi) is 4.76. The highest BCUT2D eigenvalue weighted by Crippen LogP contribution is 2.43. The average molecular weight is 425 g/mol. The lowest BCUT2D eigenvalue weighted by molar-refractivity contribution is -0.151. The number of aromatic amines is 1. The van der Waals surface area contributed by atoms with E-state index in [0.29, 0.717) is 24.0 Å². The smallest absolute Gasteiger partial charge is 0.175 e. The number of hydrogen-bond donors (Lipinski definition) is 1. The van der Waals surface area contributed by atoms with Crippen LogP contribution in [-0.4, -0.2) is 43.6 Å². The second-order valence-electron chi connectivity index (χ2n) is 8.11. The fourth-order valence-corrected chi connectivity index (χ4v) is 5.10. The van der Waals surface area contributed by atoms with Gasteiger partial charge in [-0.15, -0.1) is 0 Å². The van der Waals surface area contributed by atoms with E-state index in [1.165, 1.54) is 6.26 Å². The minimum atomic E-state index is -3.24.